The largest absolute Gasteiger partial charge is 0.451 e. The highest BCUT2D eigenvalue weighted by Gasteiger charge is 2.19. The number of rotatable bonds is 7. The van der Waals surface area contributed by atoms with Crippen LogP contribution in [0.5, 0.6) is 0 Å². The summed E-state index contributed by atoms with van der Waals surface area (Å²) in [4.78, 5) is 41.8. The molecule has 0 aliphatic rings. The van der Waals surface area contributed by atoms with E-state index in [4.69, 9.17) is 39.5 Å². The van der Waals surface area contributed by atoms with E-state index in [1.165, 1.54) is 0 Å². The molecular formula is C19H18Cl3N3O4. The van der Waals surface area contributed by atoms with E-state index >= 15 is 0 Å². The Morgan fingerprint density at radius 1 is 1.03 bits per heavy atom. The maximum atomic E-state index is 12.3. The summed E-state index contributed by atoms with van der Waals surface area (Å²) in [5.41, 5.74) is 0.722. The van der Waals surface area contributed by atoms with Gasteiger partial charge >= 0.3 is 5.97 Å². The van der Waals surface area contributed by atoms with Crippen molar-refractivity contribution in [3.05, 3.63) is 56.8 Å². The van der Waals surface area contributed by atoms with Crippen LogP contribution in [0.15, 0.2) is 30.5 Å². The van der Waals surface area contributed by atoms with Gasteiger partial charge < -0.3 is 15.0 Å². The molecule has 0 bridgehead atoms. The molecule has 0 saturated carbocycles. The number of nitrogens with zero attached hydrogens (tertiary/aromatic N) is 2. The Morgan fingerprint density at radius 3 is 2.24 bits per heavy atom. The van der Waals surface area contributed by atoms with Crippen molar-refractivity contribution in [3.63, 3.8) is 0 Å². The lowest BCUT2D eigenvalue weighted by Crippen LogP contribution is -2.30. The third-order valence-electron chi connectivity index (χ3n) is 3.91. The Kier molecular flexibility index (Phi) is 8.25. The van der Waals surface area contributed by atoms with Gasteiger partial charge in [-0.3, -0.25) is 9.59 Å². The van der Waals surface area contributed by atoms with Gasteiger partial charge in [0.25, 0.3) is 11.8 Å². The van der Waals surface area contributed by atoms with Gasteiger partial charge in [0, 0.05) is 30.5 Å². The van der Waals surface area contributed by atoms with Crippen molar-refractivity contribution in [1.29, 1.82) is 0 Å². The molecule has 2 aromatic rings. The molecule has 7 nitrogen and oxygen atoms in total. The molecule has 0 atom stereocenters. The molecule has 0 radical (unpaired) electrons. The maximum absolute atomic E-state index is 12.3. The molecule has 1 heterocycles. The van der Waals surface area contributed by atoms with Crippen LogP contribution in [-0.4, -0.2) is 47.4 Å². The van der Waals surface area contributed by atoms with E-state index in [1.54, 1.807) is 29.2 Å². The highest BCUT2D eigenvalue weighted by atomic mass is 35.5. The molecule has 0 fully saturated rings. The number of halogens is 3. The molecule has 0 unspecified atom stereocenters. The van der Waals surface area contributed by atoms with Crippen LogP contribution in [0.1, 0.15) is 34.7 Å². The summed E-state index contributed by atoms with van der Waals surface area (Å²) < 4.78 is 4.90. The summed E-state index contributed by atoms with van der Waals surface area (Å²) in [5, 5.41) is 2.47. The molecule has 1 aromatic carbocycles. The molecule has 0 aliphatic heterocycles. The van der Waals surface area contributed by atoms with Crippen LogP contribution in [0.3, 0.4) is 0 Å². The van der Waals surface area contributed by atoms with E-state index in [1.807, 2.05) is 13.8 Å². The normalized spacial score (nSPS) is 10.4. The summed E-state index contributed by atoms with van der Waals surface area (Å²) in [6.45, 7) is 4.46. The van der Waals surface area contributed by atoms with Gasteiger partial charge in [0.15, 0.2) is 12.3 Å². The second-order valence-corrected chi connectivity index (χ2v) is 6.92. The molecule has 2 rings (SSSR count). The zero-order valence-electron chi connectivity index (χ0n) is 15.7. The molecule has 29 heavy (non-hydrogen) atoms. The summed E-state index contributed by atoms with van der Waals surface area (Å²) in [5.74, 6) is -1.57. The zero-order chi connectivity index (χ0) is 21.6. The van der Waals surface area contributed by atoms with Gasteiger partial charge in [0.2, 0.25) is 0 Å². The summed E-state index contributed by atoms with van der Waals surface area (Å²) in [6, 6.07) is 6.41. The lowest BCUT2D eigenvalue weighted by molar-refractivity contribution is -0.119. The Morgan fingerprint density at radius 2 is 1.66 bits per heavy atom. The minimum atomic E-state index is -0.913. The molecule has 154 valence electrons. The number of amides is 2. The summed E-state index contributed by atoms with van der Waals surface area (Å²) >= 11 is 17.5. The number of nitrogens with one attached hydrogen (secondary N) is 1. The van der Waals surface area contributed by atoms with Gasteiger partial charge in [-0.25, -0.2) is 9.78 Å². The third-order valence-corrected chi connectivity index (χ3v) is 5.15. The van der Waals surface area contributed by atoms with Crippen LogP contribution in [0.2, 0.25) is 15.1 Å². The van der Waals surface area contributed by atoms with Crippen LogP contribution in [0.25, 0.3) is 0 Å². The molecule has 0 spiro atoms. The maximum Gasteiger partial charge on any atom is 0.359 e. The van der Waals surface area contributed by atoms with E-state index in [0.717, 1.165) is 6.20 Å². The first-order chi connectivity index (χ1) is 13.8. The zero-order valence-corrected chi connectivity index (χ0v) is 17.9. The van der Waals surface area contributed by atoms with Gasteiger partial charge in [0.1, 0.15) is 0 Å². The minimum Gasteiger partial charge on any atom is -0.451 e. The van der Waals surface area contributed by atoms with E-state index < -0.39 is 18.5 Å². The number of carbonyl (C=O) groups excluding carboxylic acids is 3. The number of pyridine rings is 1. The standard InChI is InChI=1S/C19H18Cl3N3O4/c1-3-25(4-2)18(27)11-5-7-12(8-6-11)24-14(26)10-29-19(28)17-16(22)15(21)13(20)9-23-17/h5-9H,3-4,10H2,1-2H3,(H,24,26). The SMILES string of the molecule is CCN(CC)C(=O)c1ccc(NC(=O)COC(=O)c2ncc(Cl)c(Cl)c2Cl)cc1. The first-order valence-corrected chi connectivity index (χ1v) is 9.77. The van der Waals surface area contributed by atoms with Crippen molar-refractivity contribution in [3.8, 4) is 0 Å². The first-order valence-electron chi connectivity index (χ1n) is 8.64. The summed E-state index contributed by atoms with van der Waals surface area (Å²) in [6.07, 6.45) is 1.16. The Labute approximate surface area is 182 Å². The first kappa shape index (κ1) is 22.9. The number of hydrogen-bond donors (Lipinski definition) is 1. The Bertz CT molecular complexity index is 916. The van der Waals surface area contributed by atoms with E-state index in [0.29, 0.717) is 24.3 Å². The predicted octanol–water partition coefficient (Wildman–Crippen LogP) is 4.32. The van der Waals surface area contributed by atoms with Crippen molar-refractivity contribution >= 4 is 58.3 Å². The van der Waals surface area contributed by atoms with Gasteiger partial charge in [-0.2, -0.15) is 0 Å². The van der Waals surface area contributed by atoms with Crippen LogP contribution in [-0.2, 0) is 9.53 Å². The van der Waals surface area contributed by atoms with E-state index in [-0.39, 0.29) is 26.7 Å². The van der Waals surface area contributed by atoms with Gasteiger partial charge in [-0.05, 0) is 38.1 Å². The number of aromatic nitrogens is 1. The van der Waals surface area contributed by atoms with Crippen molar-refractivity contribution in [2.24, 2.45) is 0 Å². The fourth-order valence-corrected chi connectivity index (χ4v) is 2.93. The van der Waals surface area contributed by atoms with Crippen molar-refractivity contribution in [2.45, 2.75) is 13.8 Å². The third kappa shape index (κ3) is 5.82. The van der Waals surface area contributed by atoms with Gasteiger partial charge in [-0.1, -0.05) is 34.8 Å². The number of hydrogen-bond acceptors (Lipinski definition) is 5. The predicted molar refractivity (Wildman–Crippen MR) is 112 cm³/mol. The van der Waals surface area contributed by atoms with Gasteiger partial charge in [-0.15, -0.1) is 0 Å². The number of esters is 1. The van der Waals surface area contributed by atoms with Crippen LogP contribution in [0.4, 0.5) is 5.69 Å². The molecule has 2 amide bonds. The molecule has 0 saturated heterocycles. The number of benzene rings is 1. The lowest BCUT2D eigenvalue weighted by Gasteiger charge is -2.18. The topological polar surface area (TPSA) is 88.6 Å². The molecule has 1 aromatic heterocycles. The van der Waals surface area contributed by atoms with Crippen molar-refractivity contribution < 1.29 is 19.1 Å². The molecule has 0 aliphatic carbocycles. The second-order valence-electron chi connectivity index (χ2n) is 5.76. The Balaban J connectivity index is 1.93. The highest BCUT2D eigenvalue weighted by Crippen LogP contribution is 2.31. The average Bonchev–Trinajstić information content (AvgIpc) is 2.71. The highest BCUT2D eigenvalue weighted by molar-refractivity contribution is 6.48. The fraction of sp³-hybridized carbons (Fsp3) is 0.263. The fourth-order valence-electron chi connectivity index (χ4n) is 2.37. The van der Waals surface area contributed by atoms with Crippen molar-refractivity contribution in [1.82, 2.24) is 9.88 Å². The van der Waals surface area contributed by atoms with Crippen LogP contribution >= 0.6 is 34.8 Å². The number of anilines is 1. The molecule has 10 heteroatoms. The number of carbonyl (C=O) groups is 3. The lowest BCUT2D eigenvalue weighted by atomic mass is 10.2. The molecule has 1 N–H and O–H groups in total. The van der Waals surface area contributed by atoms with E-state index in [9.17, 15) is 14.4 Å². The average molecular weight is 459 g/mol. The van der Waals surface area contributed by atoms with Crippen LogP contribution < -0.4 is 5.32 Å². The molecular weight excluding hydrogens is 441 g/mol. The minimum absolute atomic E-state index is 0.0286. The van der Waals surface area contributed by atoms with E-state index in [2.05, 4.69) is 10.3 Å². The quantitative estimate of drug-likeness (QED) is 0.624. The smallest absolute Gasteiger partial charge is 0.359 e. The van der Waals surface area contributed by atoms with Crippen LogP contribution in [0, 0.1) is 0 Å². The summed E-state index contributed by atoms with van der Waals surface area (Å²) in [7, 11) is 0. The number of ether oxygens (including phenoxy) is 1. The second kappa shape index (κ2) is 10.4. The monoisotopic (exact) mass is 457 g/mol. The Hall–Kier alpha value is -2.35. The van der Waals surface area contributed by atoms with Gasteiger partial charge in [0.05, 0.1) is 15.1 Å². The van der Waals surface area contributed by atoms with Crippen molar-refractivity contribution in [2.75, 3.05) is 25.0 Å².